The zero-order chi connectivity index (χ0) is 27.5. The van der Waals surface area contributed by atoms with E-state index in [4.69, 9.17) is 16.3 Å². The Balaban J connectivity index is 1.53. The van der Waals surface area contributed by atoms with E-state index >= 15 is 0 Å². The molecular weight excluding hydrogens is 496 g/mol. The molecule has 1 aromatic heterocycles. The van der Waals surface area contributed by atoms with Gasteiger partial charge < -0.3 is 19.8 Å². The summed E-state index contributed by atoms with van der Waals surface area (Å²) in [5.74, 6) is 0.858. The van der Waals surface area contributed by atoms with Crippen LogP contribution in [0, 0.1) is 5.92 Å². The molecule has 202 valence electrons. The highest BCUT2D eigenvalue weighted by Gasteiger charge is 2.33. The van der Waals surface area contributed by atoms with E-state index in [0.717, 1.165) is 58.8 Å². The monoisotopic (exact) mass is 534 g/mol. The Morgan fingerprint density at radius 2 is 1.74 bits per heavy atom. The topological polar surface area (TPSA) is 65.8 Å². The Kier molecular flexibility index (Phi) is 8.63. The van der Waals surface area contributed by atoms with E-state index in [1.54, 1.807) is 20.0 Å². The number of ether oxygens (including phenoxy) is 1. The predicted molar refractivity (Wildman–Crippen MR) is 154 cm³/mol. The van der Waals surface area contributed by atoms with E-state index in [9.17, 15) is 10.2 Å². The first-order valence-electron chi connectivity index (χ1n) is 13.3. The summed E-state index contributed by atoms with van der Waals surface area (Å²) in [6.45, 7) is 9.68. The minimum atomic E-state index is -0.957. The minimum Gasteiger partial charge on any atom is -0.487 e. The van der Waals surface area contributed by atoms with E-state index in [2.05, 4.69) is 42.9 Å². The number of hydrogen-bond donors (Lipinski definition) is 2. The summed E-state index contributed by atoms with van der Waals surface area (Å²) in [7, 11) is 2.09. The predicted octanol–water partition coefficient (Wildman–Crippen LogP) is 6.54. The lowest BCUT2D eigenvalue weighted by molar-refractivity contribution is -0.0245. The highest BCUT2D eigenvalue weighted by molar-refractivity contribution is 6.30. The summed E-state index contributed by atoms with van der Waals surface area (Å²) >= 11 is 6.07. The van der Waals surface area contributed by atoms with Gasteiger partial charge >= 0.3 is 0 Å². The standard InChI is InChI=1S/C32H39ClN2O3/c1-22(2)32(37,23-10-13-25(33)14-11-23)16-19-35(5)18-7-9-26-27-8-6-17-34-29(27)21-38-30-15-12-24(20-28(26)30)31(3,4)36/h6,8-15,17,20,22,36-37H,7,16,18-19,21H2,1-5H3/b26-9+. The second-order valence-electron chi connectivity index (χ2n) is 11.1. The third-order valence-electron chi connectivity index (χ3n) is 7.55. The highest BCUT2D eigenvalue weighted by atomic mass is 35.5. The molecule has 0 radical (unpaired) electrons. The number of rotatable bonds is 9. The molecule has 0 saturated carbocycles. The Morgan fingerprint density at radius 3 is 2.42 bits per heavy atom. The number of pyridine rings is 1. The van der Waals surface area contributed by atoms with Crippen LogP contribution in [-0.2, 0) is 17.8 Å². The van der Waals surface area contributed by atoms with E-state index in [1.165, 1.54) is 0 Å². The van der Waals surface area contributed by atoms with Gasteiger partial charge in [0.15, 0.2) is 0 Å². The zero-order valence-corrected chi connectivity index (χ0v) is 23.8. The van der Waals surface area contributed by atoms with Gasteiger partial charge in [0.05, 0.1) is 16.9 Å². The maximum atomic E-state index is 11.5. The van der Waals surface area contributed by atoms with Crippen molar-refractivity contribution in [2.24, 2.45) is 5.92 Å². The Morgan fingerprint density at radius 1 is 1.03 bits per heavy atom. The molecule has 0 amide bonds. The first-order valence-corrected chi connectivity index (χ1v) is 13.7. The number of hydrogen-bond acceptors (Lipinski definition) is 5. The van der Waals surface area contributed by atoms with Crippen molar-refractivity contribution in [3.8, 4) is 5.75 Å². The van der Waals surface area contributed by atoms with E-state index in [0.29, 0.717) is 18.1 Å². The fourth-order valence-corrected chi connectivity index (χ4v) is 5.09. The van der Waals surface area contributed by atoms with Crippen LogP contribution in [0.5, 0.6) is 5.75 Å². The largest absolute Gasteiger partial charge is 0.487 e. The fraction of sp³-hybridized carbons (Fsp3) is 0.406. The maximum absolute atomic E-state index is 11.5. The normalized spacial score (nSPS) is 16.1. The van der Waals surface area contributed by atoms with Crippen molar-refractivity contribution in [3.63, 3.8) is 0 Å². The molecule has 4 rings (SSSR count). The van der Waals surface area contributed by atoms with Crippen LogP contribution in [0.25, 0.3) is 5.57 Å². The van der Waals surface area contributed by atoms with Crippen molar-refractivity contribution in [2.45, 2.75) is 58.3 Å². The number of aliphatic hydroxyl groups is 2. The van der Waals surface area contributed by atoms with Crippen molar-refractivity contribution >= 4 is 17.2 Å². The number of aromatic nitrogens is 1. The van der Waals surface area contributed by atoms with Gasteiger partial charge in [0.2, 0.25) is 0 Å². The molecular formula is C32H39ClN2O3. The fourth-order valence-electron chi connectivity index (χ4n) is 4.96. The van der Waals surface area contributed by atoms with Crippen molar-refractivity contribution < 1.29 is 14.9 Å². The lowest BCUT2D eigenvalue weighted by atomic mass is 9.80. The molecule has 38 heavy (non-hydrogen) atoms. The van der Waals surface area contributed by atoms with Gasteiger partial charge in [-0.05, 0) is 86.7 Å². The molecule has 2 aromatic carbocycles. The highest BCUT2D eigenvalue weighted by Crippen LogP contribution is 2.39. The van der Waals surface area contributed by atoms with Gasteiger partial charge in [-0.2, -0.15) is 0 Å². The van der Waals surface area contributed by atoms with Crippen LogP contribution in [0.3, 0.4) is 0 Å². The summed E-state index contributed by atoms with van der Waals surface area (Å²) in [5.41, 5.74) is 3.85. The number of halogens is 1. The van der Waals surface area contributed by atoms with Gasteiger partial charge in [-0.1, -0.05) is 55.8 Å². The molecule has 3 aromatic rings. The van der Waals surface area contributed by atoms with E-state index in [-0.39, 0.29) is 5.92 Å². The summed E-state index contributed by atoms with van der Waals surface area (Å²) in [6.07, 6.45) is 5.47. The number of fused-ring (bicyclic) bond motifs is 2. The Hall–Kier alpha value is -2.70. The molecule has 1 unspecified atom stereocenters. The first kappa shape index (κ1) is 28.3. The van der Waals surface area contributed by atoms with E-state index < -0.39 is 11.2 Å². The molecule has 6 heteroatoms. The van der Waals surface area contributed by atoms with Gasteiger partial charge in [-0.15, -0.1) is 0 Å². The lowest BCUT2D eigenvalue weighted by Gasteiger charge is -2.34. The molecule has 1 aliphatic heterocycles. The van der Waals surface area contributed by atoms with Crippen LogP contribution in [-0.4, -0.2) is 40.2 Å². The lowest BCUT2D eigenvalue weighted by Crippen LogP contribution is -2.36. The molecule has 0 bridgehead atoms. The van der Waals surface area contributed by atoms with Gasteiger partial charge in [0.1, 0.15) is 12.4 Å². The molecule has 2 N–H and O–H groups in total. The average molecular weight is 535 g/mol. The smallest absolute Gasteiger partial charge is 0.131 e. The third kappa shape index (κ3) is 6.29. The van der Waals surface area contributed by atoms with Crippen molar-refractivity contribution in [2.75, 3.05) is 20.1 Å². The molecule has 0 spiro atoms. The molecule has 1 atom stereocenters. The van der Waals surface area contributed by atoms with Crippen molar-refractivity contribution in [1.29, 1.82) is 0 Å². The van der Waals surface area contributed by atoms with Crippen LogP contribution < -0.4 is 4.74 Å². The zero-order valence-electron chi connectivity index (χ0n) is 23.0. The van der Waals surface area contributed by atoms with E-state index in [1.807, 2.05) is 48.5 Å². The molecule has 0 saturated heterocycles. The van der Waals surface area contributed by atoms with Crippen LogP contribution >= 0.6 is 11.6 Å². The van der Waals surface area contributed by atoms with Gasteiger partial charge in [0.25, 0.3) is 0 Å². The second-order valence-corrected chi connectivity index (χ2v) is 11.5. The Bertz CT molecular complexity index is 1280. The summed E-state index contributed by atoms with van der Waals surface area (Å²) in [6, 6.07) is 17.4. The first-order chi connectivity index (χ1) is 18.0. The molecule has 2 heterocycles. The second kappa shape index (κ2) is 11.6. The summed E-state index contributed by atoms with van der Waals surface area (Å²) in [5, 5.41) is 22.9. The average Bonchev–Trinajstić information content (AvgIpc) is 3.04. The van der Waals surface area contributed by atoms with Gasteiger partial charge in [-0.3, -0.25) is 4.98 Å². The van der Waals surface area contributed by atoms with Gasteiger partial charge in [-0.25, -0.2) is 0 Å². The van der Waals surface area contributed by atoms with Gasteiger partial charge in [0, 0.05) is 35.4 Å². The number of nitrogens with zero attached hydrogens (tertiary/aromatic N) is 2. The molecule has 0 aliphatic carbocycles. The summed E-state index contributed by atoms with van der Waals surface area (Å²) < 4.78 is 6.12. The quantitative estimate of drug-likeness (QED) is 0.326. The molecule has 5 nitrogen and oxygen atoms in total. The van der Waals surface area contributed by atoms with Crippen LogP contribution in [0.15, 0.2) is 66.9 Å². The van der Waals surface area contributed by atoms with Crippen molar-refractivity contribution in [3.05, 3.63) is 99.8 Å². The summed E-state index contributed by atoms with van der Waals surface area (Å²) in [4.78, 5) is 6.83. The molecule has 0 fully saturated rings. The Labute approximate surface area is 231 Å². The van der Waals surface area contributed by atoms with Crippen LogP contribution in [0.2, 0.25) is 5.02 Å². The van der Waals surface area contributed by atoms with Crippen LogP contribution in [0.1, 0.15) is 68.5 Å². The van der Waals surface area contributed by atoms with Crippen molar-refractivity contribution in [1.82, 2.24) is 9.88 Å². The molecule has 1 aliphatic rings. The SMILES string of the molecule is CC(C)C(O)(CCN(C)CC/C=C1/c2cc(C(C)(C)O)ccc2OCc2ncccc21)c1ccc(Cl)cc1. The third-order valence-corrected chi connectivity index (χ3v) is 7.81. The van der Waals surface area contributed by atoms with Crippen LogP contribution in [0.4, 0.5) is 0 Å². The minimum absolute atomic E-state index is 0.0654. The maximum Gasteiger partial charge on any atom is 0.131 e. The number of benzene rings is 2.